The molecule has 0 radical (unpaired) electrons. The molecular weight excluding hydrogens is 190 g/mol. The normalized spacial score (nSPS) is 20.8. The molecule has 0 aromatic heterocycles. The van der Waals surface area contributed by atoms with Crippen molar-refractivity contribution in [3.63, 3.8) is 0 Å². The van der Waals surface area contributed by atoms with Crippen LogP contribution in [0, 0.1) is 0 Å². The van der Waals surface area contributed by atoms with Crippen molar-refractivity contribution < 1.29 is 4.79 Å². The first kappa shape index (κ1) is 12.3. The van der Waals surface area contributed by atoms with E-state index in [1.54, 1.807) is 0 Å². The first-order valence-corrected chi connectivity index (χ1v) is 5.94. The lowest BCUT2D eigenvalue weighted by atomic mass is 10.2. The number of rotatable bonds is 7. The zero-order valence-electron chi connectivity index (χ0n) is 9.88. The van der Waals surface area contributed by atoms with E-state index in [-0.39, 0.29) is 6.03 Å². The largest absolute Gasteiger partial charge is 0.336 e. The van der Waals surface area contributed by atoms with Gasteiger partial charge in [0, 0.05) is 19.1 Å². The highest BCUT2D eigenvalue weighted by Gasteiger charge is 2.25. The van der Waals surface area contributed by atoms with Gasteiger partial charge >= 0.3 is 6.03 Å². The summed E-state index contributed by atoms with van der Waals surface area (Å²) in [5, 5.41) is 6.00. The number of hydrogen-bond donors (Lipinski definition) is 2. The number of urea groups is 1. The highest BCUT2D eigenvalue weighted by Crippen LogP contribution is 2.09. The quantitative estimate of drug-likeness (QED) is 0.624. The van der Waals surface area contributed by atoms with E-state index in [4.69, 9.17) is 0 Å². The van der Waals surface area contributed by atoms with Crippen LogP contribution in [0.5, 0.6) is 0 Å². The van der Waals surface area contributed by atoms with Crippen LogP contribution in [0.4, 0.5) is 4.79 Å². The maximum atomic E-state index is 11.4. The average Bonchev–Trinajstić information content (AvgIpc) is 2.54. The van der Waals surface area contributed by atoms with Gasteiger partial charge in [-0.3, -0.25) is 0 Å². The van der Waals surface area contributed by atoms with E-state index in [0.717, 1.165) is 26.1 Å². The number of hydrogen-bond acceptors (Lipinski definition) is 2. The van der Waals surface area contributed by atoms with Crippen LogP contribution < -0.4 is 10.6 Å². The van der Waals surface area contributed by atoms with Crippen molar-refractivity contribution in [3.8, 4) is 0 Å². The minimum atomic E-state index is 0.109. The zero-order chi connectivity index (χ0) is 11.1. The Balaban J connectivity index is 2.02. The number of nitrogens with one attached hydrogen (secondary N) is 2. The molecule has 1 atom stereocenters. The Morgan fingerprint density at radius 2 is 2.13 bits per heavy atom. The van der Waals surface area contributed by atoms with Crippen LogP contribution >= 0.6 is 0 Å². The van der Waals surface area contributed by atoms with Crippen molar-refractivity contribution in [1.82, 2.24) is 15.5 Å². The minimum absolute atomic E-state index is 0.109. The number of carbonyl (C=O) groups excluding carboxylic acids is 1. The van der Waals surface area contributed by atoms with Gasteiger partial charge in [-0.15, -0.1) is 0 Å². The second-order valence-electron chi connectivity index (χ2n) is 4.25. The highest BCUT2D eigenvalue weighted by molar-refractivity contribution is 5.76. The van der Waals surface area contributed by atoms with E-state index in [0.29, 0.717) is 6.04 Å². The Hall–Kier alpha value is -0.770. The molecule has 88 valence electrons. The average molecular weight is 213 g/mol. The van der Waals surface area contributed by atoms with Crippen LogP contribution in [0.1, 0.15) is 32.6 Å². The van der Waals surface area contributed by atoms with E-state index in [1.165, 1.54) is 19.3 Å². The molecule has 1 rings (SSSR count). The van der Waals surface area contributed by atoms with Gasteiger partial charge < -0.3 is 15.5 Å². The minimum Gasteiger partial charge on any atom is -0.336 e. The molecule has 1 unspecified atom stereocenters. The molecule has 1 heterocycles. The molecule has 0 aromatic carbocycles. The molecular formula is C11H23N3O. The summed E-state index contributed by atoms with van der Waals surface area (Å²) < 4.78 is 0. The van der Waals surface area contributed by atoms with E-state index in [9.17, 15) is 4.79 Å². The van der Waals surface area contributed by atoms with Crippen molar-refractivity contribution in [2.45, 2.75) is 38.6 Å². The third kappa shape index (κ3) is 4.08. The van der Waals surface area contributed by atoms with Crippen molar-refractivity contribution >= 4 is 6.03 Å². The topological polar surface area (TPSA) is 44.4 Å². The Kier molecular flexibility index (Phi) is 5.47. The van der Waals surface area contributed by atoms with Gasteiger partial charge in [-0.05, 0) is 33.4 Å². The lowest BCUT2D eigenvalue weighted by Gasteiger charge is -2.19. The van der Waals surface area contributed by atoms with Crippen molar-refractivity contribution in [3.05, 3.63) is 0 Å². The van der Waals surface area contributed by atoms with Crippen molar-refractivity contribution in [2.75, 3.05) is 26.7 Å². The molecule has 0 spiro atoms. The molecule has 1 aliphatic rings. The third-order valence-corrected chi connectivity index (χ3v) is 2.92. The van der Waals surface area contributed by atoms with Gasteiger partial charge in [-0.25, -0.2) is 4.79 Å². The van der Waals surface area contributed by atoms with Gasteiger partial charge in [0.1, 0.15) is 0 Å². The van der Waals surface area contributed by atoms with Crippen molar-refractivity contribution in [1.29, 1.82) is 0 Å². The van der Waals surface area contributed by atoms with E-state index < -0.39 is 0 Å². The number of carbonyl (C=O) groups is 1. The summed E-state index contributed by atoms with van der Waals surface area (Å²) in [6, 6.07) is 0.479. The summed E-state index contributed by atoms with van der Waals surface area (Å²) in [6.07, 6.45) is 4.84. The first-order chi connectivity index (χ1) is 7.25. The van der Waals surface area contributed by atoms with Crippen LogP contribution in [0.2, 0.25) is 0 Å². The fraction of sp³-hybridized carbons (Fsp3) is 0.909. The van der Waals surface area contributed by atoms with Crippen molar-refractivity contribution in [2.24, 2.45) is 0 Å². The fourth-order valence-corrected chi connectivity index (χ4v) is 1.91. The standard InChI is InChI=1S/C11H23N3O/c1-10-9-13-11(15)14(10)8-6-4-3-5-7-12-2/h10,12H,3-9H2,1-2H3,(H,13,15). The van der Waals surface area contributed by atoms with Gasteiger partial charge in [-0.2, -0.15) is 0 Å². The molecule has 1 fully saturated rings. The van der Waals surface area contributed by atoms with Gasteiger partial charge in [0.15, 0.2) is 0 Å². The molecule has 0 aromatic rings. The van der Waals surface area contributed by atoms with Crippen LogP contribution in [-0.2, 0) is 0 Å². The molecule has 2 amide bonds. The summed E-state index contributed by atoms with van der Waals surface area (Å²) >= 11 is 0. The summed E-state index contributed by atoms with van der Waals surface area (Å²) in [5.41, 5.74) is 0. The third-order valence-electron chi connectivity index (χ3n) is 2.92. The number of unbranched alkanes of at least 4 members (excludes halogenated alkanes) is 3. The molecule has 4 heteroatoms. The van der Waals surface area contributed by atoms with Crippen LogP contribution in [0.3, 0.4) is 0 Å². The molecule has 15 heavy (non-hydrogen) atoms. The fourth-order valence-electron chi connectivity index (χ4n) is 1.91. The number of amides is 2. The zero-order valence-corrected chi connectivity index (χ0v) is 9.88. The predicted octanol–water partition coefficient (Wildman–Crippen LogP) is 1.18. The SMILES string of the molecule is CNCCCCCCN1C(=O)NCC1C. The Morgan fingerprint density at radius 3 is 2.73 bits per heavy atom. The smallest absolute Gasteiger partial charge is 0.317 e. The molecule has 2 N–H and O–H groups in total. The van der Waals surface area contributed by atoms with Gasteiger partial charge in [-0.1, -0.05) is 12.8 Å². The van der Waals surface area contributed by atoms with Gasteiger partial charge in [0.2, 0.25) is 0 Å². The van der Waals surface area contributed by atoms with Gasteiger partial charge in [0.05, 0.1) is 0 Å². The number of nitrogens with zero attached hydrogens (tertiary/aromatic N) is 1. The lowest BCUT2D eigenvalue weighted by molar-refractivity contribution is 0.205. The maximum Gasteiger partial charge on any atom is 0.317 e. The molecule has 1 saturated heterocycles. The second kappa shape index (κ2) is 6.67. The predicted molar refractivity (Wildman–Crippen MR) is 62.0 cm³/mol. The molecule has 4 nitrogen and oxygen atoms in total. The van der Waals surface area contributed by atoms with E-state index in [2.05, 4.69) is 17.6 Å². The summed E-state index contributed by atoms with van der Waals surface area (Å²) in [4.78, 5) is 13.3. The second-order valence-corrected chi connectivity index (χ2v) is 4.25. The van der Waals surface area contributed by atoms with E-state index in [1.807, 2.05) is 11.9 Å². The lowest BCUT2D eigenvalue weighted by Crippen LogP contribution is -2.33. The monoisotopic (exact) mass is 213 g/mol. The molecule has 0 aliphatic carbocycles. The van der Waals surface area contributed by atoms with Crippen LogP contribution in [0.25, 0.3) is 0 Å². The Morgan fingerprint density at radius 1 is 1.40 bits per heavy atom. The summed E-state index contributed by atoms with van der Waals surface area (Å²) in [6.45, 7) is 4.91. The Labute approximate surface area is 92.4 Å². The van der Waals surface area contributed by atoms with Crippen LogP contribution in [0.15, 0.2) is 0 Å². The van der Waals surface area contributed by atoms with Crippen LogP contribution in [-0.4, -0.2) is 43.7 Å². The summed E-state index contributed by atoms with van der Waals surface area (Å²) in [5.74, 6) is 0. The Bertz CT molecular complexity index is 196. The summed E-state index contributed by atoms with van der Waals surface area (Å²) in [7, 11) is 1.98. The highest BCUT2D eigenvalue weighted by atomic mass is 16.2. The maximum absolute atomic E-state index is 11.4. The molecule has 1 aliphatic heterocycles. The van der Waals surface area contributed by atoms with Gasteiger partial charge in [0.25, 0.3) is 0 Å². The molecule has 0 bridgehead atoms. The molecule has 0 saturated carbocycles. The van der Waals surface area contributed by atoms with E-state index >= 15 is 0 Å². The first-order valence-electron chi connectivity index (χ1n) is 5.94.